The summed E-state index contributed by atoms with van der Waals surface area (Å²) in [6, 6.07) is 14.4. The third kappa shape index (κ3) is 5.11. The molecule has 194 valence electrons. The van der Waals surface area contributed by atoms with Crippen LogP contribution in [-0.4, -0.2) is 43.8 Å². The van der Waals surface area contributed by atoms with Crippen molar-refractivity contribution in [1.82, 2.24) is 23.8 Å². The number of rotatable bonds is 7. The summed E-state index contributed by atoms with van der Waals surface area (Å²) in [7, 11) is 3.37. The minimum absolute atomic E-state index is 0.160. The molecule has 0 spiro atoms. The highest BCUT2D eigenvalue weighted by atomic mass is 35.5. The normalized spacial score (nSPS) is 11.4. The average Bonchev–Trinajstić information content (AvgIpc) is 3.23. The molecule has 1 aromatic carbocycles. The van der Waals surface area contributed by atoms with Gasteiger partial charge in [-0.15, -0.1) is 11.3 Å². The summed E-state index contributed by atoms with van der Waals surface area (Å²) in [4.78, 5) is 51.0. The first-order valence-electron chi connectivity index (χ1n) is 11.8. The van der Waals surface area contributed by atoms with E-state index in [1.54, 1.807) is 43.9 Å². The predicted molar refractivity (Wildman–Crippen MR) is 153 cm³/mol. The minimum Gasteiger partial charge on any atom is -0.344 e. The SMILES string of the molecule is Cc1c(C(=O)N(C)C)sc2nc(SCc3cc(=O)n4ccccc4n3)n(CCc3ccc(Cl)cc3)c(=O)c12. The summed E-state index contributed by atoms with van der Waals surface area (Å²) in [5.41, 5.74) is 2.46. The fourth-order valence-electron chi connectivity index (χ4n) is 4.12. The van der Waals surface area contributed by atoms with Crippen LogP contribution in [0.5, 0.6) is 0 Å². The Kier molecular flexibility index (Phi) is 7.38. The Balaban J connectivity index is 1.55. The summed E-state index contributed by atoms with van der Waals surface area (Å²) < 4.78 is 3.14. The van der Waals surface area contributed by atoms with Crippen molar-refractivity contribution in [1.29, 1.82) is 0 Å². The number of halogens is 1. The van der Waals surface area contributed by atoms with Gasteiger partial charge in [-0.2, -0.15) is 0 Å². The van der Waals surface area contributed by atoms with Gasteiger partial charge >= 0.3 is 0 Å². The standard InChI is InChI=1S/C27H24ClN5O3S2/c1-16-22-24(38-23(16)26(36)31(2)3)30-27(33(25(22)35)13-11-17-7-9-18(28)10-8-17)37-15-19-14-21(34)32-12-5-4-6-20(32)29-19/h4-10,12,14H,11,13,15H2,1-3H3. The third-order valence-corrected chi connectivity index (χ3v) is 8.56. The molecule has 0 fully saturated rings. The van der Waals surface area contributed by atoms with Crippen molar-refractivity contribution in [2.45, 2.75) is 30.8 Å². The first kappa shape index (κ1) is 26.1. The lowest BCUT2D eigenvalue weighted by Crippen LogP contribution is -2.25. The maximum Gasteiger partial charge on any atom is 0.263 e. The van der Waals surface area contributed by atoms with E-state index in [1.165, 1.54) is 38.5 Å². The molecule has 0 atom stereocenters. The van der Waals surface area contributed by atoms with E-state index in [9.17, 15) is 14.4 Å². The van der Waals surface area contributed by atoms with Crippen LogP contribution in [0.3, 0.4) is 0 Å². The van der Waals surface area contributed by atoms with Crippen LogP contribution in [0.1, 0.15) is 26.5 Å². The van der Waals surface area contributed by atoms with Gasteiger partial charge in [-0.1, -0.05) is 41.6 Å². The summed E-state index contributed by atoms with van der Waals surface area (Å²) in [5, 5.41) is 1.62. The van der Waals surface area contributed by atoms with E-state index in [4.69, 9.17) is 16.6 Å². The van der Waals surface area contributed by atoms with Gasteiger partial charge in [0.15, 0.2) is 5.16 Å². The van der Waals surface area contributed by atoms with E-state index >= 15 is 0 Å². The van der Waals surface area contributed by atoms with Crippen molar-refractivity contribution >= 4 is 56.5 Å². The molecular weight excluding hydrogens is 542 g/mol. The summed E-state index contributed by atoms with van der Waals surface area (Å²) in [6.45, 7) is 2.19. The van der Waals surface area contributed by atoms with Crippen molar-refractivity contribution < 1.29 is 4.79 Å². The second-order valence-electron chi connectivity index (χ2n) is 8.97. The molecule has 38 heavy (non-hydrogen) atoms. The van der Waals surface area contributed by atoms with E-state index in [-0.39, 0.29) is 17.0 Å². The van der Waals surface area contributed by atoms with Gasteiger partial charge in [-0.05, 0) is 48.7 Å². The lowest BCUT2D eigenvalue weighted by atomic mass is 10.1. The number of carbonyl (C=O) groups is 1. The number of aromatic nitrogens is 4. The Morgan fingerprint density at radius 2 is 1.87 bits per heavy atom. The highest BCUT2D eigenvalue weighted by Gasteiger charge is 2.23. The van der Waals surface area contributed by atoms with Crippen molar-refractivity contribution in [3.05, 3.63) is 102 Å². The number of amides is 1. The van der Waals surface area contributed by atoms with Crippen molar-refractivity contribution in [3.8, 4) is 0 Å². The van der Waals surface area contributed by atoms with Crippen LogP contribution in [0.15, 0.2) is 69.5 Å². The van der Waals surface area contributed by atoms with Crippen LogP contribution < -0.4 is 11.1 Å². The Hall–Kier alpha value is -3.47. The minimum atomic E-state index is -0.190. The zero-order valence-corrected chi connectivity index (χ0v) is 23.4. The highest BCUT2D eigenvalue weighted by molar-refractivity contribution is 7.98. The number of fused-ring (bicyclic) bond motifs is 2. The zero-order valence-electron chi connectivity index (χ0n) is 21.0. The molecule has 0 radical (unpaired) electrons. The molecule has 0 unspecified atom stereocenters. The fourth-order valence-corrected chi connectivity index (χ4v) is 6.41. The topological polar surface area (TPSA) is 89.6 Å². The van der Waals surface area contributed by atoms with Crippen LogP contribution in [0.2, 0.25) is 5.02 Å². The van der Waals surface area contributed by atoms with Gasteiger partial charge in [0.25, 0.3) is 17.0 Å². The average molecular weight is 566 g/mol. The molecule has 0 bridgehead atoms. The second kappa shape index (κ2) is 10.7. The summed E-state index contributed by atoms with van der Waals surface area (Å²) in [6.07, 6.45) is 2.28. The molecule has 0 aliphatic heterocycles. The number of thiophene rings is 1. The number of nitrogens with zero attached hydrogens (tertiary/aromatic N) is 5. The van der Waals surface area contributed by atoms with Gasteiger partial charge < -0.3 is 4.90 Å². The summed E-state index contributed by atoms with van der Waals surface area (Å²) >= 11 is 8.60. The van der Waals surface area contributed by atoms with Gasteiger partial charge in [0, 0.05) is 43.7 Å². The highest BCUT2D eigenvalue weighted by Crippen LogP contribution is 2.31. The molecular formula is C27H24ClN5O3S2. The largest absolute Gasteiger partial charge is 0.344 e. The molecule has 0 N–H and O–H groups in total. The lowest BCUT2D eigenvalue weighted by molar-refractivity contribution is 0.0831. The van der Waals surface area contributed by atoms with Crippen molar-refractivity contribution in [2.75, 3.05) is 14.1 Å². The number of hydrogen-bond donors (Lipinski definition) is 0. The fraction of sp³-hybridized carbons (Fsp3) is 0.222. The third-order valence-electron chi connectivity index (χ3n) is 6.13. The van der Waals surface area contributed by atoms with Crippen LogP contribution in [0.4, 0.5) is 0 Å². The lowest BCUT2D eigenvalue weighted by Gasteiger charge is -2.12. The molecule has 0 saturated heterocycles. The zero-order chi connectivity index (χ0) is 27.0. The van der Waals surface area contributed by atoms with E-state index in [1.807, 2.05) is 30.3 Å². The maximum absolute atomic E-state index is 13.8. The number of carbonyl (C=O) groups excluding carboxylic acids is 1. The maximum atomic E-state index is 13.8. The smallest absolute Gasteiger partial charge is 0.263 e. The first-order chi connectivity index (χ1) is 18.2. The van der Waals surface area contributed by atoms with Crippen molar-refractivity contribution in [3.63, 3.8) is 0 Å². The van der Waals surface area contributed by atoms with Gasteiger partial charge in [0.2, 0.25) is 0 Å². The van der Waals surface area contributed by atoms with Crippen LogP contribution in [0, 0.1) is 6.92 Å². The molecule has 8 nitrogen and oxygen atoms in total. The quantitative estimate of drug-likeness (QED) is 0.210. The molecule has 5 rings (SSSR count). The Morgan fingerprint density at radius 3 is 2.61 bits per heavy atom. The number of aryl methyl sites for hydroxylation is 2. The number of pyridine rings is 1. The van der Waals surface area contributed by atoms with E-state index in [0.717, 1.165) is 5.56 Å². The van der Waals surface area contributed by atoms with Gasteiger partial charge in [-0.3, -0.25) is 23.4 Å². The summed E-state index contributed by atoms with van der Waals surface area (Å²) in [5.74, 6) is 0.195. The molecule has 4 heterocycles. The Bertz CT molecular complexity index is 1790. The number of benzene rings is 1. The second-order valence-corrected chi connectivity index (χ2v) is 11.3. The molecule has 0 aliphatic rings. The van der Waals surface area contributed by atoms with E-state index in [2.05, 4.69) is 4.98 Å². The van der Waals surface area contributed by atoms with Crippen LogP contribution in [-0.2, 0) is 18.7 Å². The van der Waals surface area contributed by atoms with Crippen molar-refractivity contribution in [2.24, 2.45) is 0 Å². The first-order valence-corrected chi connectivity index (χ1v) is 14.0. The number of hydrogen-bond acceptors (Lipinski definition) is 7. The molecule has 4 aromatic heterocycles. The van der Waals surface area contributed by atoms with Gasteiger partial charge in [0.05, 0.1) is 16.0 Å². The van der Waals surface area contributed by atoms with E-state index in [0.29, 0.717) is 60.9 Å². The van der Waals surface area contributed by atoms with Crippen LogP contribution >= 0.6 is 34.7 Å². The van der Waals surface area contributed by atoms with Crippen LogP contribution in [0.25, 0.3) is 15.9 Å². The molecule has 11 heteroatoms. The van der Waals surface area contributed by atoms with Gasteiger partial charge in [0.1, 0.15) is 10.5 Å². The molecule has 5 aromatic rings. The monoisotopic (exact) mass is 565 g/mol. The molecule has 0 aliphatic carbocycles. The Morgan fingerprint density at radius 1 is 1.11 bits per heavy atom. The number of thioether (sulfide) groups is 1. The predicted octanol–water partition coefficient (Wildman–Crippen LogP) is 4.66. The Labute approximate surface area is 231 Å². The molecule has 1 amide bonds. The van der Waals surface area contributed by atoms with Gasteiger partial charge in [-0.25, -0.2) is 9.97 Å². The molecule has 0 saturated carbocycles. The van der Waals surface area contributed by atoms with E-state index < -0.39 is 0 Å².